The molecule has 0 bridgehead atoms. The van der Waals surface area contributed by atoms with Gasteiger partial charge in [0.1, 0.15) is 5.82 Å². The van der Waals surface area contributed by atoms with Gasteiger partial charge in [-0.1, -0.05) is 37.6 Å². The maximum atomic E-state index is 4.63. The number of benzene rings is 1. The lowest BCUT2D eigenvalue weighted by Crippen LogP contribution is -2.24. The number of rotatable bonds is 6. The maximum absolute atomic E-state index is 4.63. The Kier molecular flexibility index (Phi) is 5.12. The van der Waals surface area contributed by atoms with Crippen LogP contribution in [-0.2, 0) is 19.4 Å². The van der Waals surface area contributed by atoms with Crippen molar-refractivity contribution in [2.24, 2.45) is 0 Å². The molecule has 21 heavy (non-hydrogen) atoms. The van der Waals surface area contributed by atoms with E-state index in [1.807, 2.05) is 7.05 Å². The van der Waals surface area contributed by atoms with Crippen LogP contribution >= 0.6 is 0 Å². The molecule has 0 saturated heterocycles. The van der Waals surface area contributed by atoms with Gasteiger partial charge in [-0.25, -0.2) is 9.67 Å². The zero-order valence-corrected chi connectivity index (χ0v) is 13.8. The first-order chi connectivity index (χ1) is 10.1. The second kappa shape index (κ2) is 6.85. The van der Waals surface area contributed by atoms with E-state index in [0.29, 0.717) is 0 Å². The average molecular weight is 286 g/mol. The fourth-order valence-electron chi connectivity index (χ4n) is 2.64. The summed E-state index contributed by atoms with van der Waals surface area (Å²) >= 11 is 0. The summed E-state index contributed by atoms with van der Waals surface area (Å²) in [6, 6.07) is 6.86. The highest BCUT2D eigenvalue weighted by atomic mass is 15.4. The van der Waals surface area contributed by atoms with Gasteiger partial charge in [-0.2, -0.15) is 5.10 Å². The molecule has 0 fully saturated rings. The lowest BCUT2D eigenvalue weighted by molar-refractivity contribution is 0.452. The first-order valence-electron chi connectivity index (χ1n) is 7.76. The van der Waals surface area contributed by atoms with Crippen LogP contribution in [0.25, 0.3) is 0 Å². The van der Waals surface area contributed by atoms with Crippen molar-refractivity contribution in [2.45, 2.75) is 53.1 Å². The Balaban J connectivity index is 2.30. The van der Waals surface area contributed by atoms with E-state index in [0.717, 1.165) is 31.0 Å². The molecule has 1 aromatic heterocycles. The van der Waals surface area contributed by atoms with Gasteiger partial charge < -0.3 is 5.32 Å². The molecule has 4 heteroatoms. The number of hydrogen-bond acceptors (Lipinski definition) is 3. The highest BCUT2D eigenvalue weighted by Crippen LogP contribution is 2.21. The van der Waals surface area contributed by atoms with Gasteiger partial charge in [0.25, 0.3) is 0 Å². The Labute approximate surface area is 127 Å². The molecule has 114 valence electrons. The number of aryl methyl sites for hydroxylation is 4. The molecule has 1 atom stereocenters. The maximum Gasteiger partial charge on any atom is 0.150 e. The summed E-state index contributed by atoms with van der Waals surface area (Å²) in [7, 11) is 2.01. The largest absolute Gasteiger partial charge is 0.311 e. The molecule has 0 aliphatic rings. The van der Waals surface area contributed by atoms with E-state index in [9.17, 15) is 0 Å². The molecule has 1 aromatic carbocycles. The lowest BCUT2D eigenvalue weighted by atomic mass is 9.99. The van der Waals surface area contributed by atoms with Crippen molar-refractivity contribution in [3.8, 4) is 0 Å². The molecule has 0 aliphatic heterocycles. The highest BCUT2D eigenvalue weighted by molar-refractivity contribution is 5.33. The number of hydrogen-bond donors (Lipinski definition) is 1. The second-order valence-electron chi connectivity index (χ2n) is 5.53. The molecule has 0 spiro atoms. The van der Waals surface area contributed by atoms with Gasteiger partial charge in [0.2, 0.25) is 0 Å². The molecular formula is C17H26N4. The summed E-state index contributed by atoms with van der Waals surface area (Å²) in [6.07, 6.45) is 1.80. The van der Waals surface area contributed by atoms with Gasteiger partial charge in [0.05, 0.1) is 12.6 Å². The van der Waals surface area contributed by atoms with E-state index in [2.05, 4.69) is 66.0 Å². The predicted molar refractivity (Wildman–Crippen MR) is 86.5 cm³/mol. The normalized spacial score (nSPS) is 12.6. The van der Waals surface area contributed by atoms with Crippen LogP contribution in [0.2, 0.25) is 0 Å². The summed E-state index contributed by atoms with van der Waals surface area (Å²) in [6.45, 7) is 9.35. The Morgan fingerprint density at radius 1 is 1.19 bits per heavy atom. The van der Waals surface area contributed by atoms with E-state index in [1.54, 1.807) is 0 Å². The van der Waals surface area contributed by atoms with Crippen LogP contribution in [0.1, 0.15) is 48.2 Å². The molecule has 1 N–H and O–H groups in total. The van der Waals surface area contributed by atoms with E-state index in [1.165, 1.54) is 16.7 Å². The number of nitrogens with one attached hydrogen (secondary N) is 1. The molecule has 0 aliphatic carbocycles. The Morgan fingerprint density at radius 3 is 2.57 bits per heavy atom. The minimum Gasteiger partial charge on any atom is -0.311 e. The number of likely N-dealkylation sites (N-methyl/N-ethyl adjacent to an activating group) is 1. The van der Waals surface area contributed by atoms with Crippen molar-refractivity contribution in [3.05, 3.63) is 46.5 Å². The lowest BCUT2D eigenvalue weighted by Gasteiger charge is -2.20. The summed E-state index contributed by atoms with van der Waals surface area (Å²) in [5, 5.41) is 8.06. The van der Waals surface area contributed by atoms with Gasteiger partial charge in [-0.15, -0.1) is 0 Å². The zero-order valence-electron chi connectivity index (χ0n) is 13.8. The van der Waals surface area contributed by atoms with Crippen LogP contribution in [0, 0.1) is 13.8 Å². The van der Waals surface area contributed by atoms with Crippen LogP contribution in [0.5, 0.6) is 0 Å². The van der Waals surface area contributed by atoms with E-state index in [-0.39, 0.29) is 6.04 Å². The van der Waals surface area contributed by atoms with Crippen molar-refractivity contribution in [1.82, 2.24) is 20.1 Å². The van der Waals surface area contributed by atoms with E-state index < -0.39 is 0 Å². The van der Waals surface area contributed by atoms with Crippen molar-refractivity contribution in [1.29, 1.82) is 0 Å². The van der Waals surface area contributed by atoms with E-state index in [4.69, 9.17) is 0 Å². The summed E-state index contributed by atoms with van der Waals surface area (Å²) in [5.41, 5.74) is 3.95. The minimum absolute atomic E-state index is 0.251. The van der Waals surface area contributed by atoms with Crippen LogP contribution < -0.4 is 5.32 Å². The molecule has 0 saturated carbocycles. The Morgan fingerprint density at radius 2 is 1.95 bits per heavy atom. The summed E-state index contributed by atoms with van der Waals surface area (Å²) in [5.74, 6) is 2.00. The molecule has 0 radical (unpaired) electrons. The van der Waals surface area contributed by atoms with Crippen molar-refractivity contribution < 1.29 is 0 Å². The highest BCUT2D eigenvalue weighted by Gasteiger charge is 2.16. The smallest absolute Gasteiger partial charge is 0.150 e. The SMILES string of the molecule is CCc1nc(CC)n(CC(NC)c2cc(C)ccc2C)n1. The monoisotopic (exact) mass is 286 g/mol. The van der Waals surface area contributed by atoms with Crippen molar-refractivity contribution >= 4 is 0 Å². The minimum atomic E-state index is 0.251. The zero-order chi connectivity index (χ0) is 15.4. The van der Waals surface area contributed by atoms with Gasteiger partial charge in [-0.3, -0.25) is 0 Å². The fraction of sp³-hybridized carbons (Fsp3) is 0.529. The first-order valence-corrected chi connectivity index (χ1v) is 7.76. The van der Waals surface area contributed by atoms with Gasteiger partial charge >= 0.3 is 0 Å². The van der Waals surface area contributed by atoms with Crippen LogP contribution in [-0.4, -0.2) is 21.8 Å². The van der Waals surface area contributed by atoms with Gasteiger partial charge in [0.15, 0.2) is 5.82 Å². The Bertz CT molecular complexity index is 601. The third-order valence-electron chi connectivity index (χ3n) is 3.94. The van der Waals surface area contributed by atoms with Crippen LogP contribution in [0.3, 0.4) is 0 Å². The topological polar surface area (TPSA) is 42.7 Å². The van der Waals surface area contributed by atoms with Crippen molar-refractivity contribution in [2.75, 3.05) is 7.05 Å². The van der Waals surface area contributed by atoms with E-state index >= 15 is 0 Å². The molecule has 0 amide bonds. The fourth-order valence-corrected chi connectivity index (χ4v) is 2.64. The second-order valence-corrected chi connectivity index (χ2v) is 5.53. The third-order valence-corrected chi connectivity index (χ3v) is 3.94. The quantitative estimate of drug-likeness (QED) is 0.887. The summed E-state index contributed by atoms with van der Waals surface area (Å²) < 4.78 is 2.06. The number of nitrogens with zero attached hydrogens (tertiary/aromatic N) is 3. The summed E-state index contributed by atoms with van der Waals surface area (Å²) in [4.78, 5) is 4.59. The molecule has 4 nitrogen and oxygen atoms in total. The average Bonchev–Trinajstić information content (AvgIpc) is 2.89. The molecular weight excluding hydrogens is 260 g/mol. The number of aromatic nitrogens is 3. The van der Waals surface area contributed by atoms with Gasteiger partial charge in [0, 0.05) is 12.8 Å². The predicted octanol–water partition coefficient (Wildman–Crippen LogP) is 2.98. The van der Waals surface area contributed by atoms with Crippen molar-refractivity contribution in [3.63, 3.8) is 0 Å². The van der Waals surface area contributed by atoms with Crippen LogP contribution in [0.15, 0.2) is 18.2 Å². The Hall–Kier alpha value is -1.68. The molecule has 2 rings (SSSR count). The molecule has 1 unspecified atom stereocenters. The van der Waals surface area contributed by atoms with Crippen LogP contribution in [0.4, 0.5) is 0 Å². The first kappa shape index (κ1) is 15.7. The third kappa shape index (κ3) is 3.50. The molecule has 2 aromatic rings. The van der Waals surface area contributed by atoms with Gasteiger partial charge in [-0.05, 0) is 32.0 Å². The standard InChI is InChI=1S/C17H26N4/c1-6-16-19-17(7-2)21(20-16)11-15(18-5)14-10-12(3)8-9-13(14)4/h8-10,15,18H,6-7,11H2,1-5H3. The molecule has 1 heterocycles.